The molecule has 1 aromatic carbocycles. The number of ether oxygens (including phenoxy) is 1. The Balaban J connectivity index is 2.27. The molecule has 7 heteroatoms. The lowest BCUT2D eigenvalue weighted by Crippen LogP contribution is -2.33. The molecule has 0 spiro atoms. The van der Waals surface area contributed by atoms with Crippen LogP contribution in [0.25, 0.3) is 0 Å². The van der Waals surface area contributed by atoms with Gasteiger partial charge in [-0.25, -0.2) is 4.79 Å². The molecule has 24 heavy (non-hydrogen) atoms. The van der Waals surface area contributed by atoms with Gasteiger partial charge in [-0.05, 0) is 53.0 Å². The molecule has 1 atom stereocenters. The number of nitro benzene ring substituents is 1. The summed E-state index contributed by atoms with van der Waals surface area (Å²) in [4.78, 5) is 22.1. The standard InChI is InChI=1S/C17H27N3O4/c1-13(19-14-10-5-6-11-15(14)20(22)23)9-7-8-12-18-16(21)24-17(2,3)4/h5-6,10-11,13,19H,7-9,12H2,1-4H3,(H,18,21). The summed E-state index contributed by atoms with van der Waals surface area (Å²) >= 11 is 0. The second-order valence-corrected chi connectivity index (χ2v) is 6.74. The lowest BCUT2D eigenvalue weighted by Gasteiger charge is -2.19. The van der Waals surface area contributed by atoms with E-state index in [2.05, 4.69) is 10.6 Å². The number of amides is 1. The highest BCUT2D eigenvalue weighted by atomic mass is 16.6. The monoisotopic (exact) mass is 337 g/mol. The Morgan fingerprint density at radius 2 is 1.96 bits per heavy atom. The van der Waals surface area contributed by atoms with Gasteiger partial charge < -0.3 is 15.4 Å². The van der Waals surface area contributed by atoms with Crippen molar-refractivity contribution in [2.75, 3.05) is 11.9 Å². The summed E-state index contributed by atoms with van der Waals surface area (Å²) in [6, 6.07) is 6.72. The first-order valence-electron chi connectivity index (χ1n) is 8.16. The first kappa shape index (κ1) is 19.7. The van der Waals surface area contributed by atoms with E-state index in [1.54, 1.807) is 18.2 Å². The van der Waals surface area contributed by atoms with E-state index in [1.165, 1.54) is 6.07 Å². The minimum Gasteiger partial charge on any atom is -0.444 e. The smallest absolute Gasteiger partial charge is 0.407 e. The fraction of sp³-hybridized carbons (Fsp3) is 0.588. The molecule has 0 bridgehead atoms. The number of nitro groups is 1. The Morgan fingerprint density at radius 1 is 1.29 bits per heavy atom. The molecule has 0 radical (unpaired) electrons. The molecule has 0 aliphatic rings. The fourth-order valence-corrected chi connectivity index (χ4v) is 2.17. The Morgan fingerprint density at radius 3 is 2.58 bits per heavy atom. The quantitative estimate of drug-likeness (QED) is 0.423. The molecule has 0 saturated carbocycles. The number of benzene rings is 1. The Labute approximate surface area is 142 Å². The number of carbonyl (C=O) groups is 1. The van der Waals surface area contributed by atoms with Gasteiger partial charge in [-0.15, -0.1) is 0 Å². The molecular formula is C17H27N3O4. The summed E-state index contributed by atoms with van der Waals surface area (Å²) in [5.74, 6) is 0. The summed E-state index contributed by atoms with van der Waals surface area (Å²) in [6.07, 6.45) is 2.16. The van der Waals surface area contributed by atoms with E-state index in [9.17, 15) is 14.9 Å². The molecule has 7 nitrogen and oxygen atoms in total. The first-order chi connectivity index (χ1) is 11.2. The van der Waals surface area contributed by atoms with Crippen molar-refractivity contribution in [1.82, 2.24) is 5.32 Å². The van der Waals surface area contributed by atoms with E-state index in [-0.39, 0.29) is 16.7 Å². The second-order valence-electron chi connectivity index (χ2n) is 6.74. The Bertz CT molecular complexity index is 555. The van der Waals surface area contributed by atoms with Crippen molar-refractivity contribution in [2.45, 2.75) is 58.6 Å². The second kappa shape index (κ2) is 9.10. The van der Waals surface area contributed by atoms with Crippen molar-refractivity contribution in [3.63, 3.8) is 0 Å². The van der Waals surface area contributed by atoms with Crippen LogP contribution in [0.15, 0.2) is 24.3 Å². The van der Waals surface area contributed by atoms with E-state index in [0.717, 1.165) is 19.3 Å². The number of rotatable bonds is 8. The van der Waals surface area contributed by atoms with Crippen LogP contribution in [0.5, 0.6) is 0 Å². The predicted molar refractivity (Wildman–Crippen MR) is 94.3 cm³/mol. The topological polar surface area (TPSA) is 93.5 Å². The van der Waals surface area contributed by atoms with Crippen molar-refractivity contribution in [3.05, 3.63) is 34.4 Å². The maximum absolute atomic E-state index is 11.5. The largest absolute Gasteiger partial charge is 0.444 e. The van der Waals surface area contributed by atoms with Gasteiger partial charge in [0.05, 0.1) is 4.92 Å². The molecule has 0 fully saturated rings. The summed E-state index contributed by atoms with van der Waals surface area (Å²) in [5, 5.41) is 16.9. The third-order valence-corrected chi connectivity index (χ3v) is 3.23. The number of unbranched alkanes of at least 4 members (excludes halogenated alkanes) is 1. The molecule has 1 aromatic rings. The zero-order chi connectivity index (χ0) is 18.2. The minimum absolute atomic E-state index is 0.0796. The van der Waals surface area contributed by atoms with E-state index in [0.29, 0.717) is 12.2 Å². The van der Waals surface area contributed by atoms with Crippen LogP contribution in [0.1, 0.15) is 47.0 Å². The summed E-state index contributed by atoms with van der Waals surface area (Å²) < 4.78 is 5.15. The first-order valence-corrected chi connectivity index (χ1v) is 8.16. The van der Waals surface area contributed by atoms with E-state index < -0.39 is 11.7 Å². The molecule has 2 N–H and O–H groups in total. The number of alkyl carbamates (subject to hydrolysis) is 1. The van der Waals surface area contributed by atoms with Crippen molar-refractivity contribution < 1.29 is 14.5 Å². The van der Waals surface area contributed by atoms with Crippen LogP contribution >= 0.6 is 0 Å². The van der Waals surface area contributed by atoms with E-state index in [4.69, 9.17) is 4.74 Å². The molecule has 1 unspecified atom stereocenters. The Kier molecular flexibility index (Phi) is 7.48. The molecule has 134 valence electrons. The average Bonchev–Trinajstić information content (AvgIpc) is 2.45. The number of carbonyl (C=O) groups excluding carboxylic acids is 1. The van der Waals surface area contributed by atoms with Crippen molar-refractivity contribution in [2.24, 2.45) is 0 Å². The molecule has 1 amide bonds. The van der Waals surface area contributed by atoms with Gasteiger partial charge in [0.2, 0.25) is 0 Å². The summed E-state index contributed by atoms with van der Waals surface area (Å²) in [6.45, 7) is 8.00. The van der Waals surface area contributed by atoms with Crippen molar-refractivity contribution >= 4 is 17.5 Å². The molecule has 0 aliphatic carbocycles. The molecule has 0 aromatic heterocycles. The zero-order valence-electron chi connectivity index (χ0n) is 14.8. The van der Waals surface area contributed by atoms with Gasteiger partial charge in [-0.3, -0.25) is 10.1 Å². The predicted octanol–water partition coefficient (Wildman–Crippen LogP) is 4.09. The minimum atomic E-state index is -0.493. The van der Waals surface area contributed by atoms with Crippen LogP contribution in [0.2, 0.25) is 0 Å². The van der Waals surface area contributed by atoms with Gasteiger partial charge >= 0.3 is 6.09 Å². The van der Waals surface area contributed by atoms with Crippen LogP contribution in [0, 0.1) is 10.1 Å². The number of hydrogen-bond acceptors (Lipinski definition) is 5. The highest BCUT2D eigenvalue weighted by Crippen LogP contribution is 2.24. The van der Waals surface area contributed by atoms with Crippen LogP contribution in [-0.4, -0.2) is 29.2 Å². The maximum atomic E-state index is 11.5. The van der Waals surface area contributed by atoms with Gasteiger partial charge in [-0.1, -0.05) is 12.1 Å². The van der Waals surface area contributed by atoms with Crippen LogP contribution in [0.3, 0.4) is 0 Å². The van der Waals surface area contributed by atoms with E-state index in [1.807, 2.05) is 27.7 Å². The Hall–Kier alpha value is -2.31. The van der Waals surface area contributed by atoms with Gasteiger partial charge in [0.15, 0.2) is 0 Å². The SMILES string of the molecule is CC(CCCCNC(=O)OC(C)(C)C)Nc1ccccc1[N+](=O)[O-]. The molecular weight excluding hydrogens is 310 g/mol. The number of hydrogen-bond donors (Lipinski definition) is 2. The van der Waals surface area contributed by atoms with Crippen LogP contribution in [-0.2, 0) is 4.74 Å². The van der Waals surface area contributed by atoms with Gasteiger partial charge in [0.1, 0.15) is 11.3 Å². The summed E-state index contributed by atoms with van der Waals surface area (Å²) in [5.41, 5.74) is 0.116. The molecule has 0 saturated heterocycles. The fourth-order valence-electron chi connectivity index (χ4n) is 2.17. The normalized spacial score (nSPS) is 12.3. The third kappa shape index (κ3) is 7.80. The number of anilines is 1. The lowest BCUT2D eigenvalue weighted by molar-refractivity contribution is -0.384. The molecule has 1 rings (SSSR count). The van der Waals surface area contributed by atoms with Gasteiger partial charge in [0.25, 0.3) is 5.69 Å². The van der Waals surface area contributed by atoms with Gasteiger partial charge in [-0.2, -0.15) is 0 Å². The van der Waals surface area contributed by atoms with Crippen LogP contribution in [0.4, 0.5) is 16.2 Å². The van der Waals surface area contributed by atoms with Crippen LogP contribution < -0.4 is 10.6 Å². The molecule has 0 heterocycles. The number of nitrogens with zero attached hydrogens (tertiary/aromatic N) is 1. The van der Waals surface area contributed by atoms with Crippen molar-refractivity contribution in [1.29, 1.82) is 0 Å². The summed E-state index contributed by atoms with van der Waals surface area (Å²) in [7, 11) is 0. The average molecular weight is 337 g/mol. The number of nitrogens with one attached hydrogen (secondary N) is 2. The van der Waals surface area contributed by atoms with E-state index >= 15 is 0 Å². The van der Waals surface area contributed by atoms with Gasteiger partial charge in [0, 0.05) is 18.7 Å². The molecule has 0 aliphatic heterocycles. The highest BCUT2D eigenvalue weighted by Gasteiger charge is 2.16. The maximum Gasteiger partial charge on any atom is 0.407 e. The lowest BCUT2D eigenvalue weighted by atomic mass is 10.1. The highest BCUT2D eigenvalue weighted by molar-refractivity contribution is 5.67. The van der Waals surface area contributed by atoms with Crippen molar-refractivity contribution in [3.8, 4) is 0 Å². The third-order valence-electron chi connectivity index (χ3n) is 3.23. The number of para-hydroxylation sites is 2. The zero-order valence-corrected chi connectivity index (χ0v) is 14.8.